The van der Waals surface area contributed by atoms with Crippen LogP contribution >= 0.6 is 0 Å². The molecule has 106 valence electrons. The summed E-state index contributed by atoms with van der Waals surface area (Å²) in [6.07, 6.45) is 0. The lowest BCUT2D eigenvalue weighted by Crippen LogP contribution is -2.39. The van der Waals surface area contributed by atoms with Crippen LogP contribution in [0.3, 0.4) is 0 Å². The molecule has 1 aliphatic rings. The number of methoxy groups -OCH3 is 2. The molecule has 1 heterocycles. The molecule has 4 nitrogen and oxygen atoms in total. The maximum Gasteiger partial charge on any atom is 0.161 e. The minimum atomic E-state index is 0.415. The highest BCUT2D eigenvalue weighted by Crippen LogP contribution is 2.36. The molecular weight excluding hydrogens is 240 g/mol. The Labute approximate surface area is 115 Å². The largest absolute Gasteiger partial charge is 0.493 e. The summed E-state index contributed by atoms with van der Waals surface area (Å²) < 4.78 is 10.8. The van der Waals surface area contributed by atoms with Crippen LogP contribution in [0, 0.1) is 0 Å². The number of fused-ring (bicyclic) bond motifs is 1. The molecule has 1 aliphatic heterocycles. The number of nitrogens with one attached hydrogen (secondary N) is 1. The summed E-state index contributed by atoms with van der Waals surface area (Å²) in [5.41, 5.74) is 2.67. The van der Waals surface area contributed by atoms with Gasteiger partial charge in [-0.1, -0.05) is 13.8 Å². The number of nitrogens with zero attached hydrogens (tertiary/aromatic N) is 1. The van der Waals surface area contributed by atoms with Crippen molar-refractivity contribution in [3.8, 4) is 11.5 Å². The summed E-state index contributed by atoms with van der Waals surface area (Å²) in [6, 6.07) is 4.65. The average Bonchev–Trinajstić information content (AvgIpc) is 2.47. The Bertz CT molecular complexity index is 430. The minimum Gasteiger partial charge on any atom is -0.493 e. The zero-order valence-corrected chi connectivity index (χ0v) is 12.3. The second-order valence-electron chi connectivity index (χ2n) is 4.77. The van der Waals surface area contributed by atoms with Crippen molar-refractivity contribution in [2.24, 2.45) is 0 Å². The lowest BCUT2D eigenvalue weighted by molar-refractivity contribution is 0.204. The molecule has 0 bridgehead atoms. The first-order chi connectivity index (χ1) is 9.24. The highest BCUT2D eigenvalue weighted by atomic mass is 16.5. The number of likely N-dealkylation sites (N-methyl/N-ethyl adjacent to an activating group) is 1. The Morgan fingerprint density at radius 1 is 1.16 bits per heavy atom. The highest BCUT2D eigenvalue weighted by molar-refractivity contribution is 5.49. The van der Waals surface area contributed by atoms with Gasteiger partial charge in [0.05, 0.1) is 14.2 Å². The molecule has 0 spiro atoms. The van der Waals surface area contributed by atoms with E-state index in [4.69, 9.17) is 9.47 Å². The normalized spacial score (nSPS) is 18.3. The van der Waals surface area contributed by atoms with Crippen LogP contribution < -0.4 is 14.8 Å². The second kappa shape index (κ2) is 6.26. The van der Waals surface area contributed by atoms with Gasteiger partial charge in [0, 0.05) is 19.1 Å². The summed E-state index contributed by atoms with van der Waals surface area (Å²) in [5.74, 6) is 1.63. The molecule has 0 aliphatic carbocycles. The molecule has 2 rings (SSSR count). The van der Waals surface area contributed by atoms with Gasteiger partial charge in [0.2, 0.25) is 0 Å². The van der Waals surface area contributed by atoms with Crippen molar-refractivity contribution in [2.45, 2.75) is 26.4 Å². The van der Waals surface area contributed by atoms with Gasteiger partial charge in [-0.15, -0.1) is 0 Å². The fourth-order valence-electron chi connectivity index (χ4n) is 2.84. The van der Waals surface area contributed by atoms with Crippen LogP contribution in [0.15, 0.2) is 12.1 Å². The van der Waals surface area contributed by atoms with Gasteiger partial charge in [0.1, 0.15) is 0 Å². The fraction of sp³-hybridized carbons (Fsp3) is 0.600. The summed E-state index contributed by atoms with van der Waals surface area (Å²) >= 11 is 0. The zero-order valence-electron chi connectivity index (χ0n) is 12.3. The van der Waals surface area contributed by atoms with Crippen molar-refractivity contribution in [1.29, 1.82) is 0 Å². The standard InChI is InChI=1S/C15H24N2O2/c1-5-17(6-2)13-10-16-9-11-7-14(18-3)15(19-4)8-12(11)13/h7-8,13,16H,5-6,9-10H2,1-4H3/t13-/m0/s1. The van der Waals surface area contributed by atoms with Crippen LogP contribution in [-0.4, -0.2) is 38.8 Å². The number of rotatable bonds is 5. The van der Waals surface area contributed by atoms with Gasteiger partial charge in [0.15, 0.2) is 11.5 Å². The number of hydrogen-bond acceptors (Lipinski definition) is 4. The molecule has 1 aromatic rings. The van der Waals surface area contributed by atoms with Gasteiger partial charge in [-0.3, -0.25) is 4.90 Å². The molecule has 19 heavy (non-hydrogen) atoms. The molecule has 0 fully saturated rings. The monoisotopic (exact) mass is 264 g/mol. The van der Waals surface area contributed by atoms with Crippen LogP contribution in [0.1, 0.15) is 31.0 Å². The summed E-state index contributed by atoms with van der Waals surface area (Å²) in [7, 11) is 3.38. The number of benzene rings is 1. The lowest BCUT2D eigenvalue weighted by Gasteiger charge is -2.35. The Morgan fingerprint density at radius 3 is 2.37 bits per heavy atom. The third-order valence-electron chi connectivity index (χ3n) is 3.91. The van der Waals surface area contributed by atoms with E-state index in [-0.39, 0.29) is 0 Å². The second-order valence-corrected chi connectivity index (χ2v) is 4.77. The maximum absolute atomic E-state index is 5.43. The van der Waals surface area contributed by atoms with E-state index < -0.39 is 0 Å². The first-order valence-electron chi connectivity index (χ1n) is 6.94. The molecule has 1 N–H and O–H groups in total. The predicted molar refractivity (Wildman–Crippen MR) is 76.9 cm³/mol. The summed E-state index contributed by atoms with van der Waals surface area (Å²) in [5, 5.41) is 3.49. The summed E-state index contributed by atoms with van der Waals surface area (Å²) in [6.45, 7) is 8.40. The van der Waals surface area contributed by atoms with E-state index in [9.17, 15) is 0 Å². The van der Waals surface area contributed by atoms with Crippen molar-refractivity contribution in [1.82, 2.24) is 10.2 Å². The maximum atomic E-state index is 5.43. The van der Waals surface area contributed by atoms with Gasteiger partial charge in [-0.25, -0.2) is 0 Å². The van der Waals surface area contributed by atoms with Gasteiger partial charge in [-0.05, 0) is 36.3 Å². The zero-order chi connectivity index (χ0) is 13.8. The lowest BCUT2D eigenvalue weighted by atomic mass is 9.94. The van der Waals surface area contributed by atoms with E-state index in [1.165, 1.54) is 11.1 Å². The van der Waals surface area contributed by atoms with E-state index in [1.54, 1.807) is 14.2 Å². The van der Waals surface area contributed by atoms with Gasteiger partial charge in [0.25, 0.3) is 0 Å². The van der Waals surface area contributed by atoms with Gasteiger partial charge >= 0.3 is 0 Å². The van der Waals surface area contributed by atoms with Crippen molar-refractivity contribution in [2.75, 3.05) is 33.9 Å². The van der Waals surface area contributed by atoms with Crippen molar-refractivity contribution in [3.05, 3.63) is 23.3 Å². The quantitative estimate of drug-likeness (QED) is 0.884. The van der Waals surface area contributed by atoms with E-state index in [0.29, 0.717) is 6.04 Å². The van der Waals surface area contributed by atoms with Crippen LogP contribution in [-0.2, 0) is 6.54 Å². The third-order valence-corrected chi connectivity index (χ3v) is 3.91. The molecule has 0 aromatic heterocycles. The molecule has 0 unspecified atom stereocenters. The van der Waals surface area contributed by atoms with Crippen molar-refractivity contribution < 1.29 is 9.47 Å². The van der Waals surface area contributed by atoms with E-state index in [2.05, 4.69) is 36.2 Å². The number of hydrogen-bond donors (Lipinski definition) is 1. The van der Waals surface area contributed by atoms with Gasteiger partial charge in [-0.2, -0.15) is 0 Å². The Kier molecular flexibility index (Phi) is 4.66. The van der Waals surface area contributed by atoms with Gasteiger partial charge < -0.3 is 14.8 Å². The highest BCUT2D eigenvalue weighted by Gasteiger charge is 2.26. The Balaban J connectivity index is 2.42. The Morgan fingerprint density at radius 2 is 1.79 bits per heavy atom. The SMILES string of the molecule is CCN(CC)[C@H]1CNCc2cc(OC)c(OC)cc21. The molecule has 1 aromatic carbocycles. The fourth-order valence-corrected chi connectivity index (χ4v) is 2.84. The predicted octanol–water partition coefficient (Wildman–Crippen LogP) is 2.19. The number of ether oxygens (including phenoxy) is 2. The van der Waals surface area contributed by atoms with Crippen molar-refractivity contribution >= 4 is 0 Å². The van der Waals surface area contributed by atoms with E-state index in [0.717, 1.165) is 37.7 Å². The molecular formula is C15H24N2O2. The van der Waals surface area contributed by atoms with Crippen LogP contribution in [0.4, 0.5) is 0 Å². The van der Waals surface area contributed by atoms with Crippen LogP contribution in [0.25, 0.3) is 0 Å². The smallest absolute Gasteiger partial charge is 0.161 e. The van der Waals surface area contributed by atoms with Crippen LogP contribution in [0.5, 0.6) is 11.5 Å². The average molecular weight is 264 g/mol. The topological polar surface area (TPSA) is 33.7 Å². The molecule has 1 atom stereocenters. The molecule has 0 radical (unpaired) electrons. The van der Waals surface area contributed by atoms with Crippen molar-refractivity contribution in [3.63, 3.8) is 0 Å². The first-order valence-corrected chi connectivity index (χ1v) is 6.94. The summed E-state index contributed by atoms with van der Waals surface area (Å²) in [4.78, 5) is 2.47. The molecule has 0 amide bonds. The molecule has 0 saturated heterocycles. The van der Waals surface area contributed by atoms with Crippen LogP contribution in [0.2, 0.25) is 0 Å². The third kappa shape index (κ3) is 2.69. The Hall–Kier alpha value is -1.26. The minimum absolute atomic E-state index is 0.415. The molecule has 4 heteroatoms. The van der Waals surface area contributed by atoms with E-state index >= 15 is 0 Å². The van der Waals surface area contributed by atoms with E-state index in [1.807, 2.05) is 0 Å². The first kappa shape index (κ1) is 14.2. The molecule has 0 saturated carbocycles.